The fraction of sp³-hybridized carbons (Fsp3) is 0.533. The van der Waals surface area contributed by atoms with Gasteiger partial charge in [0, 0.05) is 0 Å². The highest BCUT2D eigenvalue weighted by Gasteiger charge is 2.08. The number of amides is 1. The lowest BCUT2D eigenvalue weighted by Gasteiger charge is -2.15. The highest BCUT2D eigenvalue weighted by atomic mass is 16.5. The molecule has 0 heterocycles. The molecule has 0 atom stereocenters. The van der Waals surface area contributed by atoms with Crippen LogP contribution >= 0.6 is 0 Å². The first kappa shape index (κ1) is 15.5. The molecule has 1 aromatic rings. The molecule has 1 rings (SSSR count). The minimum atomic E-state index is -0.0551. The minimum absolute atomic E-state index is 0.0551. The van der Waals surface area contributed by atoms with Crippen LogP contribution in [0.3, 0.4) is 0 Å². The van der Waals surface area contributed by atoms with Crippen LogP contribution in [0.4, 0.5) is 5.69 Å². The molecule has 0 saturated heterocycles. The van der Waals surface area contributed by atoms with E-state index in [1.165, 1.54) is 0 Å². The van der Waals surface area contributed by atoms with Gasteiger partial charge in [0.25, 0.3) is 0 Å². The average Bonchev–Trinajstić information content (AvgIpc) is 2.30. The van der Waals surface area contributed by atoms with Crippen LogP contribution < -0.4 is 15.4 Å². The first-order chi connectivity index (χ1) is 8.99. The topological polar surface area (TPSA) is 50.4 Å². The van der Waals surface area contributed by atoms with E-state index in [-0.39, 0.29) is 12.0 Å². The second kappa shape index (κ2) is 7.79. The summed E-state index contributed by atoms with van der Waals surface area (Å²) >= 11 is 0. The molecular weight excluding hydrogens is 240 g/mol. The molecule has 0 aromatic heterocycles. The number of hydrogen-bond donors (Lipinski definition) is 2. The third-order valence-electron chi connectivity index (χ3n) is 2.36. The molecule has 1 amide bonds. The summed E-state index contributed by atoms with van der Waals surface area (Å²) < 4.78 is 5.65. The van der Waals surface area contributed by atoms with Crippen molar-refractivity contribution in [1.29, 1.82) is 0 Å². The summed E-state index contributed by atoms with van der Waals surface area (Å²) in [6.45, 7) is 9.28. The molecule has 0 fully saturated rings. The highest BCUT2D eigenvalue weighted by molar-refractivity contribution is 5.93. The van der Waals surface area contributed by atoms with E-state index in [1.807, 2.05) is 38.1 Å². The van der Waals surface area contributed by atoms with Crippen molar-refractivity contribution >= 4 is 11.6 Å². The van der Waals surface area contributed by atoms with Crippen LogP contribution in [-0.4, -0.2) is 25.1 Å². The molecule has 106 valence electrons. The van der Waals surface area contributed by atoms with Crippen LogP contribution in [0.25, 0.3) is 0 Å². The first-order valence-electron chi connectivity index (χ1n) is 6.75. The number of carbonyl (C=O) groups is 1. The predicted octanol–water partition coefficient (Wildman–Crippen LogP) is 2.66. The molecule has 0 aliphatic rings. The van der Waals surface area contributed by atoms with Crippen molar-refractivity contribution < 1.29 is 9.53 Å². The smallest absolute Gasteiger partial charge is 0.238 e. The van der Waals surface area contributed by atoms with Gasteiger partial charge in [-0.15, -0.1) is 0 Å². The number of rotatable bonds is 7. The molecule has 0 aliphatic heterocycles. The van der Waals surface area contributed by atoms with Crippen molar-refractivity contribution in [2.75, 3.05) is 18.4 Å². The Labute approximate surface area is 115 Å². The van der Waals surface area contributed by atoms with E-state index in [4.69, 9.17) is 4.74 Å². The molecule has 0 spiro atoms. The standard InChI is InChI=1S/C15H24N2O2/c1-11(2)9-16-10-15(18)17-13-7-5-6-8-14(13)19-12(3)4/h5-8,11-12,16H,9-10H2,1-4H3,(H,17,18). The van der Waals surface area contributed by atoms with Crippen LogP contribution in [0.1, 0.15) is 27.7 Å². The van der Waals surface area contributed by atoms with E-state index >= 15 is 0 Å². The molecule has 0 saturated carbocycles. The van der Waals surface area contributed by atoms with Crippen LogP contribution in [0.15, 0.2) is 24.3 Å². The molecule has 1 aromatic carbocycles. The van der Waals surface area contributed by atoms with Crippen LogP contribution in [0, 0.1) is 5.92 Å². The molecule has 19 heavy (non-hydrogen) atoms. The third-order valence-corrected chi connectivity index (χ3v) is 2.36. The van der Waals surface area contributed by atoms with Crippen LogP contribution in [0.2, 0.25) is 0 Å². The zero-order valence-corrected chi connectivity index (χ0v) is 12.2. The number of benzene rings is 1. The van der Waals surface area contributed by atoms with E-state index in [0.29, 0.717) is 23.9 Å². The Bertz CT molecular complexity index is 403. The molecule has 0 radical (unpaired) electrons. The van der Waals surface area contributed by atoms with Crippen molar-refractivity contribution in [3.63, 3.8) is 0 Å². The maximum Gasteiger partial charge on any atom is 0.238 e. The van der Waals surface area contributed by atoms with E-state index in [2.05, 4.69) is 24.5 Å². The molecule has 0 aliphatic carbocycles. The molecule has 4 nitrogen and oxygen atoms in total. The van der Waals surface area contributed by atoms with Crippen molar-refractivity contribution in [3.05, 3.63) is 24.3 Å². The summed E-state index contributed by atoms with van der Waals surface area (Å²) in [6.07, 6.45) is 0.0807. The Morgan fingerprint density at radius 1 is 1.21 bits per heavy atom. The number of anilines is 1. The summed E-state index contributed by atoms with van der Waals surface area (Å²) in [5.41, 5.74) is 0.715. The molecule has 0 unspecified atom stereocenters. The van der Waals surface area contributed by atoms with Crippen molar-refractivity contribution in [2.24, 2.45) is 5.92 Å². The van der Waals surface area contributed by atoms with Gasteiger partial charge in [-0.1, -0.05) is 26.0 Å². The van der Waals surface area contributed by atoms with Crippen molar-refractivity contribution in [3.8, 4) is 5.75 Å². The number of ether oxygens (including phenoxy) is 1. The van der Waals surface area contributed by atoms with E-state index in [9.17, 15) is 4.79 Å². The second-order valence-corrected chi connectivity index (χ2v) is 5.24. The zero-order chi connectivity index (χ0) is 14.3. The van der Waals surface area contributed by atoms with Gasteiger partial charge >= 0.3 is 0 Å². The number of carbonyl (C=O) groups excluding carboxylic acids is 1. The Balaban J connectivity index is 2.53. The van der Waals surface area contributed by atoms with Gasteiger partial charge in [-0.2, -0.15) is 0 Å². The van der Waals surface area contributed by atoms with Gasteiger partial charge in [-0.05, 0) is 38.4 Å². The molecular formula is C15H24N2O2. The maximum absolute atomic E-state index is 11.8. The summed E-state index contributed by atoms with van der Waals surface area (Å²) in [5.74, 6) is 1.18. The summed E-state index contributed by atoms with van der Waals surface area (Å²) in [6, 6.07) is 7.48. The van der Waals surface area contributed by atoms with E-state index in [0.717, 1.165) is 6.54 Å². The van der Waals surface area contributed by atoms with Gasteiger partial charge < -0.3 is 15.4 Å². The largest absolute Gasteiger partial charge is 0.489 e. The first-order valence-corrected chi connectivity index (χ1v) is 6.75. The van der Waals surface area contributed by atoms with Crippen LogP contribution in [0.5, 0.6) is 5.75 Å². The Kier molecular flexibility index (Phi) is 6.36. The number of hydrogen-bond acceptors (Lipinski definition) is 3. The van der Waals surface area contributed by atoms with Gasteiger partial charge in [-0.25, -0.2) is 0 Å². The summed E-state index contributed by atoms with van der Waals surface area (Å²) in [5, 5.41) is 5.98. The average molecular weight is 264 g/mol. The Morgan fingerprint density at radius 3 is 2.53 bits per heavy atom. The van der Waals surface area contributed by atoms with Gasteiger partial charge in [0.15, 0.2) is 0 Å². The Hall–Kier alpha value is -1.55. The zero-order valence-electron chi connectivity index (χ0n) is 12.2. The lowest BCUT2D eigenvalue weighted by molar-refractivity contribution is -0.115. The fourth-order valence-corrected chi connectivity index (χ4v) is 1.60. The normalized spacial score (nSPS) is 10.8. The number of para-hydroxylation sites is 2. The maximum atomic E-state index is 11.8. The van der Waals surface area contributed by atoms with Crippen LogP contribution in [-0.2, 0) is 4.79 Å². The molecule has 2 N–H and O–H groups in total. The van der Waals surface area contributed by atoms with Crippen molar-refractivity contribution in [2.45, 2.75) is 33.8 Å². The lowest BCUT2D eigenvalue weighted by Crippen LogP contribution is -2.30. The van der Waals surface area contributed by atoms with Gasteiger partial charge in [0.1, 0.15) is 5.75 Å². The van der Waals surface area contributed by atoms with E-state index < -0.39 is 0 Å². The van der Waals surface area contributed by atoms with Crippen molar-refractivity contribution in [1.82, 2.24) is 5.32 Å². The minimum Gasteiger partial charge on any atom is -0.489 e. The Morgan fingerprint density at radius 2 is 1.89 bits per heavy atom. The second-order valence-electron chi connectivity index (χ2n) is 5.24. The summed E-state index contributed by atoms with van der Waals surface area (Å²) in [4.78, 5) is 11.8. The number of nitrogens with one attached hydrogen (secondary N) is 2. The van der Waals surface area contributed by atoms with E-state index in [1.54, 1.807) is 0 Å². The fourth-order valence-electron chi connectivity index (χ4n) is 1.60. The summed E-state index contributed by atoms with van der Waals surface area (Å²) in [7, 11) is 0. The predicted molar refractivity (Wildman–Crippen MR) is 78.5 cm³/mol. The lowest BCUT2D eigenvalue weighted by atomic mass is 10.2. The van der Waals surface area contributed by atoms with Gasteiger partial charge in [-0.3, -0.25) is 4.79 Å². The quantitative estimate of drug-likeness (QED) is 0.796. The third kappa shape index (κ3) is 6.25. The SMILES string of the molecule is CC(C)CNCC(=O)Nc1ccccc1OC(C)C. The van der Waals surface area contributed by atoms with Gasteiger partial charge in [0.2, 0.25) is 5.91 Å². The molecule has 0 bridgehead atoms. The monoisotopic (exact) mass is 264 g/mol. The molecule has 4 heteroatoms. The van der Waals surface area contributed by atoms with Gasteiger partial charge in [0.05, 0.1) is 18.3 Å². The highest BCUT2D eigenvalue weighted by Crippen LogP contribution is 2.24.